The molecule has 0 amide bonds. The van der Waals surface area contributed by atoms with Crippen LogP contribution in [0.1, 0.15) is 10.4 Å². The Morgan fingerprint density at radius 2 is 1.70 bits per heavy atom. The van der Waals surface area contributed by atoms with Crippen LogP contribution in [-0.4, -0.2) is 39.8 Å². The van der Waals surface area contributed by atoms with Gasteiger partial charge in [-0.05, 0) is 36.4 Å². The largest absolute Gasteiger partial charge is 0.465 e. The lowest BCUT2D eigenvalue weighted by Crippen LogP contribution is -2.33. The number of rotatable bonds is 6. The van der Waals surface area contributed by atoms with Gasteiger partial charge in [0.1, 0.15) is 0 Å². The van der Waals surface area contributed by atoms with Gasteiger partial charge >= 0.3 is 5.97 Å². The molecule has 0 unspecified atom stereocenters. The molecule has 23 heavy (non-hydrogen) atoms. The molecule has 2 aromatic rings. The first kappa shape index (κ1) is 17.0. The molecule has 2 rings (SSSR count). The Morgan fingerprint density at radius 1 is 1.09 bits per heavy atom. The number of anilines is 1. The number of sulfonamides is 1. The van der Waals surface area contributed by atoms with Gasteiger partial charge in [0.05, 0.1) is 36.4 Å². The van der Waals surface area contributed by atoms with Gasteiger partial charge in [-0.3, -0.25) is 4.31 Å². The van der Waals surface area contributed by atoms with Crippen molar-refractivity contribution in [3.8, 4) is 0 Å². The minimum Gasteiger partial charge on any atom is -0.465 e. The van der Waals surface area contributed by atoms with Crippen molar-refractivity contribution in [1.82, 2.24) is 0 Å². The normalized spacial score (nSPS) is 11.0. The van der Waals surface area contributed by atoms with E-state index in [0.29, 0.717) is 5.69 Å². The molecule has 1 N–H and O–H groups in total. The van der Waals surface area contributed by atoms with E-state index in [-0.39, 0.29) is 23.6 Å². The van der Waals surface area contributed by atoms with Crippen LogP contribution in [0.5, 0.6) is 0 Å². The Balaban J connectivity index is 2.40. The van der Waals surface area contributed by atoms with Crippen molar-refractivity contribution < 1.29 is 23.1 Å². The number of ether oxygens (including phenoxy) is 1. The van der Waals surface area contributed by atoms with E-state index in [1.165, 1.54) is 31.4 Å². The van der Waals surface area contributed by atoms with Crippen LogP contribution >= 0.6 is 0 Å². The molecule has 0 radical (unpaired) electrons. The lowest BCUT2D eigenvalue weighted by Gasteiger charge is -2.23. The Hall–Kier alpha value is -2.38. The highest BCUT2D eigenvalue weighted by Gasteiger charge is 2.24. The zero-order chi connectivity index (χ0) is 16.9. The van der Waals surface area contributed by atoms with E-state index in [4.69, 9.17) is 0 Å². The summed E-state index contributed by atoms with van der Waals surface area (Å²) >= 11 is 0. The van der Waals surface area contributed by atoms with Gasteiger partial charge in [0.15, 0.2) is 0 Å². The number of aliphatic hydroxyl groups excluding tert-OH is 1. The number of para-hydroxylation sites is 1. The fourth-order valence-corrected chi connectivity index (χ4v) is 3.54. The highest BCUT2D eigenvalue weighted by molar-refractivity contribution is 7.92. The van der Waals surface area contributed by atoms with Crippen LogP contribution in [0.2, 0.25) is 0 Å². The maximum Gasteiger partial charge on any atom is 0.337 e. The second-order valence-electron chi connectivity index (χ2n) is 4.65. The molecule has 0 aliphatic carbocycles. The first-order chi connectivity index (χ1) is 11.0. The van der Waals surface area contributed by atoms with Crippen molar-refractivity contribution in [3.05, 3.63) is 60.2 Å². The van der Waals surface area contributed by atoms with E-state index in [0.717, 1.165) is 4.31 Å². The highest BCUT2D eigenvalue weighted by atomic mass is 32.2. The molecule has 0 aliphatic rings. The number of carbonyl (C=O) groups is 1. The Bertz CT molecular complexity index is 757. The summed E-state index contributed by atoms with van der Waals surface area (Å²) in [6, 6.07) is 14.0. The van der Waals surface area contributed by atoms with Gasteiger partial charge in [-0.15, -0.1) is 0 Å². The Labute approximate surface area is 135 Å². The van der Waals surface area contributed by atoms with Gasteiger partial charge in [-0.2, -0.15) is 0 Å². The molecular weight excluding hydrogens is 318 g/mol. The average molecular weight is 335 g/mol. The summed E-state index contributed by atoms with van der Waals surface area (Å²) in [4.78, 5) is 11.4. The van der Waals surface area contributed by atoms with Gasteiger partial charge in [0.2, 0.25) is 0 Å². The molecule has 0 spiro atoms. The molecule has 7 heteroatoms. The summed E-state index contributed by atoms with van der Waals surface area (Å²) in [5, 5.41) is 9.19. The van der Waals surface area contributed by atoms with Crippen LogP contribution in [0.15, 0.2) is 59.5 Å². The molecule has 122 valence electrons. The number of carbonyl (C=O) groups excluding carboxylic acids is 1. The zero-order valence-corrected chi connectivity index (χ0v) is 13.4. The number of nitrogens with zero attached hydrogens (tertiary/aromatic N) is 1. The molecular formula is C16H17NO5S. The number of methoxy groups -OCH3 is 1. The second-order valence-corrected chi connectivity index (χ2v) is 6.51. The minimum absolute atomic E-state index is 0.0301. The van der Waals surface area contributed by atoms with E-state index in [2.05, 4.69) is 4.74 Å². The molecule has 0 atom stereocenters. The summed E-state index contributed by atoms with van der Waals surface area (Å²) in [7, 11) is -2.59. The minimum atomic E-state index is -3.84. The van der Waals surface area contributed by atoms with E-state index < -0.39 is 16.0 Å². The molecule has 6 nitrogen and oxygen atoms in total. The highest BCUT2D eigenvalue weighted by Crippen LogP contribution is 2.23. The van der Waals surface area contributed by atoms with Crippen LogP contribution < -0.4 is 4.31 Å². The lowest BCUT2D eigenvalue weighted by molar-refractivity contribution is 0.0600. The smallest absolute Gasteiger partial charge is 0.337 e. The molecule has 2 aromatic carbocycles. The van der Waals surface area contributed by atoms with Crippen molar-refractivity contribution in [3.63, 3.8) is 0 Å². The lowest BCUT2D eigenvalue weighted by atomic mass is 10.2. The third kappa shape index (κ3) is 3.69. The summed E-state index contributed by atoms with van der Waals surface area (Å²) in [6.45, 7) is -0.376. The zero-order valence-electron chi connectivity index (χ0n) is 12.5. The van der Waals surface area contributed by atoms with Crippen molar-refractivity contribution in [1.29, 1.82) is 0 Å². The summed E-state index contributed by atoms with van der Waals surface area (Å²) in [5.41, 5.74) is 0.721. The number of hydrogen-bond acceptors (Lipinski definition) is 5. The standard InChI is InChI=1S/C16H17NO5S/c1-22-16(19)13-7-9-15(10-8-13)23(20,21)17(11-12-18)14-5-3-2-4-6-14/h2-10,18H,11-12H2,1H3. The van der Waals surface area contributed by atoms with Gasteiger partial charge < -0.3 is 9.84 Å². The fraction of sp³-hybridized carbons (Fsp3) is 0.188. The van der Waals surface area contributed by atoms with Crippen molar-refractivity contribution in [2.45, 2.75) is 4.90 Å². The van der Waals surface area contributed by atoms with Crippen LogP contribution in [0.25, 0.3) is 0 Å². The van der Waals surface area contributed by atoms with E-state index >= 15 is 0 Å². The topological polar surface area (TPSA) is 83.9 Å². The fourth-order valence-electron chi connectivity index (χ4n) is 2.08. The molecule has 0 bridgehead atoms. The third-order valence-electron chi connectivity index (χ3n) is 3.21. The number of aliphatic hydroxyl groups is 1. The molecule has 0 fully saturated rings. The molecule has 0 saturated heterocycles. The number of esters is 1. The van der Waals surface area contributed by atoms with Crippen molar-refractivity contribution in [2.24, 2.45) is 0 Å². The summed E-state index contributed by atoms with van der Waals surface area (Å²) in [6.07, 6.45) is 0. The molecule has 0 aliphatic heterocycles. The predicted molar refractivity (Wildman–Crippen MR) is 85.8 cm³/mol. The van der Waals surface area contributed by atoms with Gasteiger partial charge in [0, 0.05) is 0 Å². The first-order valence-corrected chi connectivity index (χ1v) is 8.31. The van der Waals surface area contributed by atoms with E-state index in [9.17, 15) is 18.3 Å². The Kier molecular flexibility index (Phi) is 5.36. The summed E-state index contributed by atoms with van der Waals surface area (Å²) in [5.74, 6) is -0.538. The predicted octanol–water partition coefficient (Wildman–Crippen LogP) is 1.66. The van der Waals surface area contributed by atoms with Crippen LogP contribution in [0.4, 0.5) is 5.69 Å². The molecule has 0 aromatic heterocycles. The monoisotopic (exact) mass is 335 g/mol. The number of benzene rings is 2. The molecule has 0 heterocycles. The summed E-state index contributed by atoms with van der Waals surface area (Å²) < 4.78 is 31.3. The van der Waals surface area contributed by atoms with E-state index in [1.54, 1.807) is 30.3 Å². The van der Waals surface area contributed by atoms with Crippen molar-refractivity contribution >= 4 is 21.7 Å². The Morgan fingerprint density at radius 3 is 2.22 bits per heavy atom. The average Bonchev–Trinajstić information content (AvgIpc) is 2.59. The van der Waals surface area contributed by atoms with Gasteiger partial charge in [0.25, 0.3) is 10.0 Å². The van der Waals surface area contributed by atoms with Crippen LogP contribution in [0, 0.1) is 0 Å². The van der Waals surface area contributed by atoms with Crippen LogP contribution in [0.3, 0.4) is 0 Å². The van der Waals surface area contributed by atoms with Crippen molar-refractivity contribution in [2.75, 3.05) is 24.6 Å². The quantitative estimate of drug-likeness (QED) is 0.812. The number of hydrogen-bond donors (Lipinski definition) is 1. The maximum atomic E-state index is 12.8. The van der Waals surface area contributed by atoms with E-state index in [1.807, 2.05) is 0 Å². The SMILES string of the molecule is COC(=O)c1ccc(S(=O)(=O)N(CCO)c2ccccc2)cc1. The maximum absolute atomic E-state index is 12.8. The second kappa shape index (κ2) is 7.26. The van der Waals surface area contributed by atoms with Crippen LogP contribution in [-0.2, 0) is 14.8 Å². The van der Waals surface area contributed by atoms with Gasteiger partial charge in [-0.25, -0.2) is 13.2 Å². The first-order valence-electron chi connectivity index (χ1n) is 6.87. The van der Waals surface area contributed by atoms with Gasteiger partial charge in [-0.1, -0.05) is 18.2 Å². The molecule has 0 saturated carbocycles. The third-order valence-corrected chi connectivity index (χ3v) is 5.05.